The minimum absolute atomic E-state index is 0.0510. The number of nitro benzene ring substituents is 1. The maximum Gasteiger partial charge on any atom is 0.271 e. The first-order valence-corrected chi connectivity index (χ1v) is 7.20. The summed E-state index contributed by atoms with van der Waals surface area (Å²) in [4.78, 5) is 10.4. The zero-order chi connectivity index (χ0) is 14.7. The fourth-order valence-corrected chi connectivity index (χ4v) is 3.05. The molecule has 0 saturated carbocycles. The van der Waals surface area contributed by atoms with E-state index in [4.69, 9.17) is 11.6 Å². The van der Waals surface area contributed by atoms with Gasteiger partial charge in [0.05, 0.1) is 11.0 Å². The first-order valence-electron chi connectivity index (χ1n) is 6.01. The van der Waals surface area contributed by atoms with Gasteiger partial charge in [0, 0.05) is 22.7 Å². The number of rotatable bonds is 5. The van der Waals surface area contributed by atoms with E-state index in [1.807, 2.05) is 14.0 Å². The van der Waals surface area contributed by atoms with Crippen LogP contribution in [0.2, 0.25) is 5.02 Å². The fourth-order valence-electron chi connectivity index (χ4n) is 1.80. The zero-order valence-corrected chi connectivity index (χ0v) is 12.5. The third-order valence-corrected chi connectivity index (χ3v) is 4.14. The Hall–Kier alpha value is -1.57. The Bertz CT molecular complexity index is 628. The summed E-state index contributed by atoms with van der Waals surface area (Å²) in [7, 11) is 1.86. The highest BCUT2D eigenvalue weighted by molar-refractivity contribution is 7.14. The molecule has 106 valence electrons. The average molecular weight is 313 g/mol. The molecule has 6 nitrogen and oxygen atoms in total. The minimum Gasteiger partial charge on any atom is -0.311 e. The van der Waals surface area contributed by atoms with Crippen molar-refractivity contribution in [3.63, 3.8) is 0 Å². The van der Waals surface area contributed by atoms with Gasteiger partial charge in [-0.2, -0.15) is 0 Å². The highest BCUT2D eigenvalue weighted by Crippen LogP contribution is 2.32. The van der Waals surface area contributed by atoms with E-state index in [2.05, 4.69) is 15.5 Å². The second kappa shape index (κ2) is 6.25. The van der Waals surface area contributed by atoms with Gasteiger partial charge in [-0.25, -0.2) is 0 Å². The average Bonchev–Trinajstić information content (AvgIpc) is 2.89. The predicted octanol–water partition coefficient (Wildman–Crippen LogP) is 3.44. The van der Waals surface area contributed by atoms with Gasteiger partial charge in [-0.1, -0.05) is 29.9 Å². The molecule has 0 aliphatic heterocycles. The van der Waals surface area contributed by atoms with Crippen LogP contribution in [0.25, 0.3) is 10.6 Å². The molecule has 1 aromatic heterocycles. The molecule has 1 unspecified atom stereocenters. The molecule has 0 aliphatic carbocycles. The molecule has 2 aromatic rings. The second-order valence-electron chi connectivity index (χ2n) is 4.15. The van der Waals surface area contributed by atoms with Crippen LogP contribution in [0.15, 0.2) is 18.2 Å². The lowest BCUT2D eigenvalue weighted by Crippen LogP contribution is -2.14. The van der Waals surface area contributed by atoms with Crippen LogP contribution in [-0.2, 0) is 0 Å². The van der Waals surface area contributed by atoms with E-state index in [1.54, 1.807) is 6.07 Å². The van der Waals surface area contributed by atoms with E-state index in [-0.39, 0.29) is 11.7 Å². The van der Waals surface area contributed by atoms with Crippen LogP contribution in [0.4, 0.5) is 5.69 Å². The van der Waals surface area contributed by atoms with Crippen molar-refractivity contribution < 1.29 is 4.92 Å². The SMILES string of the molecule is CCC(NC)c1nnc(-c2cc(Cl)cc([N+](=O)[O-])c2)s1. The van der Waals surface area contributed by atoms with E-state index >= 15 is 0 Å². The van der Waals surface area contributed by atoms with Crippen LogP contribution in [0.1, 0.15) is 24.4 Å². The lowest BCUT2D eigenvalue weighted by atomic mass is 10.2. The molecule has 0 spiro atoms. The van der Waals surface area contributed by atoms with Gasteiger partial charge in [-0.05, 0) is 19.5 Å². The molecule has 1 aromatic carbocycles. The first kappa shape index (κ1) is 14.8. The van der Waals surface area contributed by atoms with Crippen molar-refractivity contribution in [3.8, 4) is 10.6 Å². The number of halogens is 1. The Morgan fingerprint density at radius 2 is 2.20 bits per heavy atom. The molecule has 0 saturated heterocycles. The molecule has 0 bridgehead atoms. The summed E-state index contributed by atoms with van der Waals surface area (Å²) in [5, 5.41) is 24.0. The quantitative estimate of drug-likeness (QED) is 0.675. The molecule has 0 amide bonds. The zero-order valence-electron chi connectivity index (χ0n) is 11.0. The number of nitrogens with zero attached hydrogens (tertiary/aromatic N) is 3. The molecule has 2 rings (SSSR count). The van der Waals surface area contributed by atoms with Crippen molar-refractivity contribution in [2.75, 3.05) is 7.05 Å². The van der Waals surface area contributed by atoms with E-state index in [1.165, 1.54) is 23.5 Å². The van der Waals surface area contributed by atoms with Crippen molar-refractivity contribution in [1.82, 2.24) is 15.5 Å². The summed E-state index contributed by atoms with van der Waals surface area (Å²) < 4.78 is 0. The molecule has 8 heteroatoms. The summed E-state index contributed by atoms with van der Waals surface area (Å²) in [5.41, 5.74) is 0.559. The maximum absolute atomic E-state index is 10.8. The van der Waals surface area contributed by atoms with Crippen molar-refractivity contribution in [3.05, 3.63) is 38.3 Å². The van der Waals surface area contributed by atoms with Gasteiger partial charge in [0.1, 0.15) is 10.0 Å². The summed E-state index contributed by atoms with van der Waals surface area (Å²) in [6.07, 6.45) is 0.890. The van der Waals surface area contributed by atoms with Gasteiger partial charge in [0.15, 0.2) is 0 Å². The number of nitro groups is 1. The van der Waals surface area contributed by atoms with Crippen molar-refractivity contribution >= 4 is 28.6 Å². The molecule has 0 fully saturated rings. The number of hydrogen-bond acceptors (Lipinski definition) is 6. The highest BCUT2D eigenvalue weighted by atomic mass is 35.5. The Balaban J connectivity index is 2.39. The van der Waals surface area contributed by atoms with Gasteiger partial charge < -0.3 is 5.32 Å². The second-order valence-corrected chi connectivity index (χ2v) is 5.60. The normalized spacial score (nSPS) is 12.3. The summed E-state index contributed by atoms with van der Waals surface area (Å²) in [5.74, 6) is 0. The van der Waals surface area contributed by atoms with Gasteiger partial charge in [0.25, 0.3) is 5.69 Å². The summed E-state index contributed by atoms with van der Waals surface area (Å²) in [6, 6.07) is 4.56. The first-order chi connectivity index (χ1) is 9.55. The Morgan fingerprint density at radius 1 is 1.45 bits per heavy atom. The number of aromatic nitrogens is 2. The lowest BCUT2D eigenvalue weighted by molar-refractivity contribution is -0.384. The molecule has 0 radical (unpaired) electrons. The molecule has 1 atom stereocenters. The predicted molar refractivity (Wildman–Crippen MR) is 79.1 cm³/mol. The van der Waals surface area contributed by atoms with Gasteiger partial charge in [0.2, 0.25) is 0 Å². The van der Waals surface area contributed by atoms with E-state index < -0.39 is 4.92 Å². The lowest BCUT2D eigenvalue weighted by Gasteiger charge is -2.08. The fraction of sp³-hybridized carbons (Fsp3) is 0.333. The standard InChI is InChI=1S/C12H13ClN4O2S/c1-3-10(14-2)12-16-15-11(20-12)7-4-8(13)6-9(5-7)17(18)19/h4-6,10,14H,3H2,1-2H3. The van der Waals surface area contributed by atoms with Crippen LogP contribution < -0.4 is 5.32 Å². The third-order valence-electron chi connectivity index (χ3n) is 2.84. The van der Waals surface area contributed by atoms with Crippen LogP contribution in [0, 0.1) is 10.1 Å². The van der Waals surface area contributed by atoms with Crippen molar-refractivity contribution in [2.45, 2.75) is 19.4 Å². The Kier molecular flexibility index (Phi) is 4.64. The molecule has 0 aliphatic rings. The third kappa shape index (κ3) is 3.12. The van der Waals surface area contributed by atoms with Gasteiger partial charge in [-0.3, -0.25) is 10.1 Å². The number of benzene rings is 1. The van der Waals surface area contributed by atoms with E-state index in [9.17, 15) is 10.1 Å². The van der Waals surface area contributed by atoms with Crippen molar-refractivity contribution in [1.29, 1.82) is 0 Å². The van der Waals surface area contributed by atoms with E-state index in [0.29, 0.717) is 15.6 Å². The van der Waals surface area contributed by atoms with Crippen LogP contribution >= 0.6 is 22.9 Å². The molecular weight excluding hydrogens is 300 g/mol. The smallest absolute Gasteiger partial charge is 0.271 e. The number of non-ortho nitro benzene ring substituents is 1. The highest BCUT2D eigenvalue weighted by Gasteiger charge is 2.16. The van der Waals surface area contributed by atoms with Gasteiger partial charge in [-0.15, -0.1) is 10.2 Å². The summed E-state index contributed by atoms with van der Waals surface area (Å²) in [6.45, 7) is 2.05. The topological polar surface area (TPSA) is 81.0 Å². The maximum atomic E-state index is 10.8. The number of hydrogen-bond donors (Lipinski definition) is 1. The summed E-state index contributed by atoms with van der Waals surface area (Å²) >= 11 is 7.31. The van der Waals surface area contributed by atoms with Gasteiger partial charge >= 0.3 is 0 Å². The Labute approximate surface area is 125 Å². The largest absolute Gasteiger partial charge is 0.311 e. The number of nitrogens with one attached hydrogen (secondary N) is 1. The monoisotopic (exact) mass is 312 g/mol. The van der Waals surface area contributed by atoms with Crippen LogP contribution in [0.5, 0.6) is 0 Å². The molecule has 20 heavy (non-hydrogen) atoms. The molecular formula is C12H13ClN4O2S. The Morgan fingerprint density at radius 3 is 2.80 bits per heavy atom. The van der Waals surface area contributed by atoms with Crippen molar-refractivity contribution in [2.24, 2.45) is 0 Å². The van der Waals surface area contributed by atoms with Crippen LogP contribution in [-0.4, -0.2) is 22.2 Å². The molecule has 1 heterocycles. The molecule has 1 N–H and O–H groups in total. The van der Waals surface area contributed by atoms with E-state index in [0.717, 1.165) is 11.4 Å². The van der Waals surface area contributed by atoms with Crippen LogP contribution in [0.3, 0.4) is 0 Å². The minimum atomic E-state index is -0.472.